The van der Waals surface area contributed by atoms with E-state index in [1.807, 2.05) is 0 Å². The number of hydrogen-bond donors (Lipinski definition) is 2. The van der Waals surface area contributed by atoms with Crippen molar-refractivity contribution in [2.75, 3.05) is 6.61 Å². The maximum absolute atomic E-state index is 10.9. The van der Waals surface area contributed by atoms with Crippen LogP contribution in [-0.2, 0) is 4.79 Å². The highest BCUT2D eigenvalue weighted by Gasteiger charge is 2.25. The van der Waals surface area contributed by atoms with Crippen LogP contribution in [-0.4, -0.2) is 17.7 Å². The maximum atomic E-state index is 10.9. The first-order chi connectivity index (χ1) is 8.09. The lowest BCUT2D eigenvalue weighted by Crippen LogP contribution is -2.21. The Hall–Kier alpha value is -1.26. The van der Waals surface area contributed by atoms with Crippen molar-refractivity contribution in [1.29, 1.82) is 0 Å². The van der Waals surface area contributed by atoms with Crippen molar-refractivity contribution in [3.63, 3.8) is 0 Å². The van der Waals surface area contributed by atoms with Crippen LogP contribution in [0.1, 0.15) is 24.4 Å². The summed E-state index contributed by atoms with van der Waals surface area (Å²) < 4.78 is 5.59. The van der Waals surface area contributed by atoms with Crippen LogP contribution in [0.15, 0.2) is 18.2 Å². The van der Waals surface area contributed by atoms with E-state index >= 15 is 0 Å². The van der Waals surface area contributed by atoms with Crippen LogP contribution in [0, 0.1) is 5.92 Å². The highest BCUT2D eigenvalue weighted by molar-refractivity contribution is 6.32. The molecule has 0 amide bonds. The highest BCUT2D eigenvalue weighted by atomic mass is 35.5. The highest BCUT2D eigenvalue weighted by Crippen LogP contribution is 2.35. The minimum atomic E-state index is -1.11. The molecule has 1 aromatic rings. The summed E-state index contributed by atoms with van der Waals surface area (Å²) in [6, 6.07) is 3.86. The Morgan fingerprint density at radius 2 is 2.29 bits per heavy atom. The lowest BCUT2D eigenvalue weighted by atomic mass is 10.1. The van der Waals surface area contributed by atoms with Crippen LogP contribution >= 0.6 is 11.6 Å². The van der Waals surface area contributed by atoms with Gasteiger partial charge >= 0.3 is 5.97 Å². The molecule has 0 aliphatic heterocycles. The summed E-state index contributed by atoms with van der Waals surface area (Å²) in [5.41, 5.74) is 6.01. The fourth-order valence-electron chi connectivity index (χ4n) is 1.54. The number of aliphatic carboxylic acids is 1. The zero-order valence-corrected chi connectivity index (χ0v) is 9.98. The average Bonchev–Trinajstić information content (AvgIpc) is 3.10. The molecule has 0 saturated heterocycles. The lowest BCUT2D eigenvalue weighted by Gasteiger charge is -2.15. The number of benzene rings is 1. The fraction of sp³-hybridized carbons (Fsp3) is 0.417. The van der Waals surface area contributed by atoms with Gasteiger partial charge in [-0.25, -0.2) is 0 Å². The number of para-hydroxylation sites is 1. The van der Waals surface area contributed by atoms with Gasteiger partial charge in [0.15, 0.2) is 0 Å². The molecule has 0 radical (unpaired) electrons. The predicted octanol–water partition coefficient (Wildman–Crippen LogP) is 2.21. The molecule has 1 saturated carbocycles. The predicted molar refractivity (Wildman–Crippen MR) is 64.2 cm³/mol. The molecule has 1 aliphatic rings. The SMILES string of the molecule is NC(C(=O)O)c1cccc(Cl)c1OCC1CC1. The third kappa shape index (κ3) is 2.90. The fourth-order valence-corrected chi connectivity index (χ4v) is 1.78. The van der Waals surface area contributed by atoms with E-state index in [0.717, 1.165) is 12.8 Å². The second-order valence-corrected chi connectivity index (χ2v) is 4.64. The number of rotatable bonds is 5. The Balaban J connectivity index is 2.22. The van der Waals surface area contributed by atoms with E-state index in [1.54, 1.807) is 18.2 Å². The minimum Gasteiger partial charge on any atom is -0.491 e. The summed E-state index contributed by atoms with van der Waals surface area (Å²) >= 11 is 6.01. The summed E-state index contributed by atoms with van der Waals surface area (Å²) in [5, 5.41) is 9.32. The molecule has 0 spiro atoms. The molecule has 1 aliphatic carbocycles. The number of hydrogen-bond acceptors (Lipinski definition) is 3. The van der Waals surface area contributed by atoms with Gasteiger partial charge in [-0.2, -0.15) is 0 Å². The van der Waals surface area contributed by atoms with Crippen LogP contribution in [0.5, 0.6) is 5.75 Å². The first kappa shape index (κ1) is 12.2. The van der Waals surface area contributed by atoms with Gasteiger partial charge in [0.25, 0.3) is 0 Å². The zero-order chi connectivity index (χ0) is 12.4. The Morgan fingerprint density at radius 1 is 1.59 bits per heavy atom. The van der Waals surface area contributed by atoms with Crippen molar-refractivity contribution < 1.29 is 14.6 Å². The summed E-state index contributed by atoms with van der Waals surface area (Å²) in [6.07, 6.45) is 2.32. The van der Waals surface area contributed by atoms with E-state index in [0.29, 0.717) is 28.9 Å². The molecule has 0 aromatic heterocycles. The first-order valence-corrected chi connectivity index (χ1v) is 5.87. The van der Waals surface area contributed by atoms with Crippen LogP contribution in [0.4, 0.5) is 0 Å². The zero-order valence-electron chi connectivity index (χ0n) is 9.23. The van der Waals surface area contributed by atoms with Crippen LogP contribution < -0.4 is 10.5 Å². The monoisotopic (exact) mass is 255 g/mol. The van der Waals surface area contributed by atoms with E-state index < -0.39 is 12.0 Å². The van der Waals surface area contributed by atoms with E-state index in [2.05, 4.69) is 0 Å². The van der Waals surface area contributed by atoms with Gasteiger partial charge in [0.2, 0.25) is 0 Å². The number of carbonyl (C=O) groups is 1. The number of carboxylic acids is 1. The minimum absolute atomic E-state index is 0.399. The Kier molecular flexibility index (Phi) is 3.54. The quantitative estimate of drug-likeness (QED) is 0.846. The molecular formula is C12H14ClNO3. The number of ether oxygens (including phenoxy) is 1. The van der Waals surface area contributed by atoms with Gasteiger partial charge in [0.1, 0.15) is 11.8 Å². The Labute approximate surface area is 104 Å². The van der Waals surface area contributed by atoms with Crippen LogP contribution in [0.2, 0.25) is 5.02 Å². The molecule has 2 rings (SSSR count). The van der Waals surface area contributed by atoms with Crippen LogP contribution in [0.25, 0.3) is 0 Å². The molecule has 1 unspecified atom stereocenters. The van der Waals surface area contributed by atoms with Gasteiger partial charge in [0.05, 0.1) is 11.6 Å². The van der Waals surface area contributed by atoms with E-state index in [-0.39, 0.29) is 0 Å². The molecule has 4 nitrogen and oxygen atoms in total. The molecule has 1 fully saturated rings. The molecule has 0 bridgehead atoms. The molecule has 3 N–H and O–H groups in total. The van der Waals surface area contributed by atoms with Crippen LogP contribution in [0.3, 0.4) is 0 Å². The molecule has 0 heterocycles. The van der Waals surface area contributed by atoms with E-state index in [4.69, 9.17) is 27.2 Å². The molecular weight excluding hydrogens is 242 g/mol. The maximum Gasteiger partial charge on any atom is 0.325 e. The average molecular weight is 256 g/mol. The largest absolute Gasteiger partial charge is 0.491 e. The normalized spacial score (nSPS) is 16.6. The summed E-state index contributed by atoms with van der Waals surface area (Å²) in [7, 11) is 0. The second-order valence-electron chi connectivity index (χ2n) is 4.23. The van der Waals surface area contributed by atoms with Crippen molar-refractivity contribution in [2.45, 2.75) is 18.9 Å². The second kappa shape index (κ2) is 4.94. The van der Waals surface area contributed by atoms with E-state index in [1.165, 1.54) is 0 Å². The van der Waals surface area contributed by atoms with Crippen molar-refractivity contribution >= 4 is 17.6 Å². The molecule has 5 heteroatoms. The smallest absolute Gasteiger partial charge is 0.325 e. The molecule has 1 aromatic carbocycles. The Bertz CT molecular complexity index is 432. The lowest BCUT2D eigenvalue weighted by molar-refractivity contribution is -0.138. The number of halogens is 1. The first-order valence-electron chi connectivity index (χ1n) is 5.49. The third-order valence-corrected chi connectivity index (χ3v) is 3.06. The molecule has 17 heavy (non-hydrogen) atoms. The topological polar surface area (TPSA) is 72.6 Å². The Morgan fingerprint density at radius 3 is 2.88 bits per heavy atom. The molecule has 1 atom stereocenters. The number of carboxylic acid groups (broad SMARTS) is 1. The number of nitrogens with two attached hydrogens (primary N) is 1. The van der Waals surface area contributed by atoms with Gasteiger partial charge in [0, 0.05) is 5.56 Å². The van der Waals surface area contributed by atoms with Crippen molar-refractivity contribution in [3.8, 4) is 5.75 Å². The van der Waals surface area contributed by atoms with Crippen molar-refractivity contribution in [3.05, 3.63) is 28.8 Å². The van der Waals surface area contributed by atoms with Gasteiger partial charge in [-0.15, -0.1) is 0 Å². The van der Waals surface area contributed by atoms with Crippen molar-refractivity contribution in [1.82, 2.24) is 0 Å². The van der Waals surface area contributed by atoms with Gasteiger partial charge in [-0.05, 0) is 24.8 Å². The van der Waals surface area contributed by atoms with Gasteiger partial charge in [-0.3, -0.25) is 4.79 Å². The van der Waals surface area contributed by atoms with Crippen molar-refractivity contribution in [2.24, 2.45) is 11.7 Å². The third-order valence-electron chi connectivity index (χ3n) is 2.76. The van der Waals surface area contributed by atoms with Gasteiger partial charge in [-0.1, -0.05) is 23.7 Å². The summed E-state index contributed by atoms with van der Waals surface area (Å²) in [5.74, 6) is -0.125. The summed E-state index contributed by atoms with van der Waals surface area (Å²) in [6.45, 7) is 0.572. The standard InChI is InChI=1S/C12H14ClNO3/c13-9-3-1-2-8(10(14)12(15)16)11(9)17-6-7-4-5-7/h1-3,7,10H,4-6,14H2,(H,15,16). The van der Waals surface area contributed by atoms with Gasteiger partial charge < -0.3 is 15.6 Å². The van der Waals surface area contributed by atoms with E-state index in [9.17, 15) is 4.79 Å². The summed E-state index contributed by atoms with van der Waals surface area (Å²) in [4.78, 5) is 10.9. The molecule has 92 valence electrons.